The van der Waals surface area contributed by atoms with E-state index in [2.05, 4.69) is 9.97 Å². The lowest BCUT2D eigenvalue weighted by atomic mass is 9.86. The smallest absolute Gasteiger partial charge is 0.355 e. The van der Waals surface area contributed by atoms with Gasteiger partial charge in [-0.15, -0.1) is 0 Å². The van der Waals surface area contributed by atoms with Crippen LogP contribution in [0.3, 0.4) is 0 Å². The number of hydrogen-bond acceptors (Lipinski definition) is 9. The van der Waals surface area contributed by atoms with E-state index in [1.807, 2.05) is 121 Å². The van der Waals surface area contributed by atoms with Crippen LogP contribution in [0, 0.1) is 18.5 Å². The minimum atomic E-state index is -0.726. The van der Waals surface area contributed by atoms with Gasteiger partial charge >= 0.3 is 23.9 Å². The van der Waals surface area contributed by atoms with Crippen molar-refractivity contribution >= 4 is 36.1 Å². The fourth-order valence-corrected chi connectivity index (χ4v) is 7.87. The summed E-state index contributed by atoms with van der Waals surface area (Å²) in [5.74, 6) is -2.82. The number of carbonyl (C=O) groups is 4. The van der Waals surface area contributed by atoms with Crippen molar-refractivity contribution in [1.29, 1.82) is 0 Å². The molecule has 0 amide bonds. The Morgan fingerprint density at radius 1 is 0.516 bits per heavy atom. The first-order valence-electron chi connectivity index (χ1n) is 20.2. The molecule has 0 saturated carbocycles. The number of ether oxygens (including phenoxy) is 4. The molecule has 0 saturated heterocycles. The second-order valence-corrected chi connectivity index (χ2v) is 14.8. The molecule has 0 aliphatic carbocycles. The van der Waals surface area contributed by atoms with Gasteiger partial charge < -0.3 is 33.5 Å². The van der Waals surface area contributed by atoms with Crippen LogP contribution >= 0.6 is 12.2 Å². The average Bonchev–Trinajstić information content (AvgIpc) is 3.82. The Hall–Kier alpha value is -7.31. The van der Waals surface area contributed by atoms with Crippen molar-refractivity contribution in [3.05, 3.63) is 171 Å². The molecule has 3 aromatic heterocycles. The summed E-state index contributed by atoms with van der Waals surface area (Å²) in [5.41, 5.74) is 5.90. The summed E-state index contributed by atoms with van der Waals surface area (Å²) in [7, 11) is 1.75. The molecule has 0 fully saturated rings. The molecule has 2 N–H and O–H groups in total. The van der Waals surface area contributed by atoms with Gasteiger partial charge in [-0.2, -0.15) is 0 Å². The number of nitrogens with zero attached hydrogens (tertiary/aromatic N) is 1. The van der Waals surface area contributed by atoms with E-state index in [1.54, 1.807) is 39.3 Å². The average molecular weight is 848 g/mol. The minimum absolute atomic E-state index is 0.0242. The predicted octanol–water partition coefficient (Wildman–Crippen LogP) is 10.8. The number of carbonyl (C=O) groups excluding carboxylic acids is 4. The van der Waals surface area contributed by atoms with Crippen LogP contribution in [0.2, 0.25) is 0 Å². The van der Waals surface area contributed by atoms with Crippen molar-refractivity contribution in [1.82, 2.24) is 14.5 Å². The number of pyridine rings is 1. The third-order valence-corrected chi connectivity index (χ3v) is 11.0. The SMILES string of the molecule is CCOC(=O)c1[nH]c(-c2c(-c3ccccc3)c(-c3ccccc3)c(=S)n(C)c2-c2[nH]c(C(=O)OCC)c(C)c2C(=O)OCc2ccccc2)c(C(=O)OCc2ccccc2)c1C. The highest BCUT2D eigenvalue weighted by Gasteiger charge is 2.36. The molecule has 7 rings (SSSR count). The summed E-state index contributed by atoms with van der Waals surface area (Å²) in [6.45, 7) is 6.72. The van der Waals surface area contributed by atoms with E-state index >= 15 is 0 Å². The molecular weight excluding hydrogens is 803 g/mol. The molecule has 11 nitrogen and oxygen atoms in total. The first-order valence-corrected chi connectivity index (χ1v) is 20.6. The Labute approximate surface area is 364 Å². The molecule has 0 unspecified atom stereocenters. The van der Waals surface area contributed by atoms with E-state index in [4.69, 9.17) is 31.2 Å². The molecular formula is C50H45N3O8S. The number of esters is 4. The molecule has 0 atom stereocenters. The zero-order valence-corrected chi connectivity index (χ0v) is 35.8. The minimum Gasteiger partial charge on any atom is -0.461 e. The van der Waals surface area contributed by atoms with Crippen molar-refractivity contribution in [2.24, 2.45) is 7.05 Å². The number of hydrogen-bond donors (Lipinski definition) is 2. The van der Waals surface area contributed by atoms with Crippen molar-refractivity contribution in [3.8, 4) is 44.9 Å². The monoisotopic (exact) mass is 847 g/mol. The van der Waals surface area contributed by atoms with Gasteiger partial charge in [0.15, 0.2) is 0 Å². The number of aromatic amines is 2. The number of H-pyrrole nitrogens is 2. The summed E-state index contributed by atoms with van der Waals surface area (Å²) >= 11 is 6.37. The highest BCUT2D eigenvalue weighted by molar-refractivity contribution is 7.71. The fourth-order valence-electron chi connectivity index (χ4n) is 7.56. The fraction of sp³-hybridized carbons (Fsp3) is 0.180. The second-order valence-electron chi connectivity index (χ2n) is 14.4. The first-order chi connectivity index (χ1) is 30.0. The number of nitrogens with one attached hydrogen (secondary N) is 2. The molecule has 314 valence electrons. The summed E-state index contributed by atoms with van der Waals surface area (Å²) in [4.78, 5) is 63.2. The Morgan fingerprint density at radius 2 is 0.903 bits per heavy atom. The maximum Gasteiger partial charge on any atom is 0.355 e. The van der Waals surface area contributed by atoms with Crippen LogP contribution in [0.1, 0.15) is 77.8 Å². The van der Waals surface area contributed by atoms with Gasteiger partial charge in [0.1, 0.15) is 29.2 Å². The van der Waals surface area contributed by atoms with Crippen LogP contribution in [0.4, 0.5) is 0 Å². The van der Waals surface area contributed by atoms with Gasteiger partial charge in [-0.25, -0.2) is 19.2 Å². The van der Waals surface area contributed by atoms with Crippen molar-refractivity contribution in [2.75, 3.05) is 13.2 Å². The first kappa shape index (κ1) is 42.8. The molecule has 0 spiro atoms. The molecule has 12 heteroatoms. The van der Waals surface area contributed by atoms with Gasteiger partial charge in [0, 0.05) is 23.7 Å². The van der Waals surface area contributed by atoms with E-state index in [-0.39, 0.29) is 71.5 Å². The lowest BCUT2D eigenvalue weighted by molar-refractivity contribution is 0.0463. The Kier molecular flexibility index (Phi) is 13.1. The van der Waals surface area contributed by atoms with Crippen LogP contribution in [0.5, 0.6) is 0 Å². The summed E-state index contributed by atoms with van der Waals surface area (Å²) in [6, 6.07) is 37.5. The van der Waals surface area contributed by atoms with Gasteiger partial charge in [0.2, 0.25) is 0 Å². The second kappa shape index (κ2) is 18.9. The van der Waals surface area contributed by atoms with Gasteiger partial charge in [0.05, 0.1) is 41.4 Å². The van der Waals surface area contributed by atoms with Gasteiger partial charge in [-0.05, 0) is 61.1 Å². The molecule has 4 aromatic carbocycles. The molecule has 0 bridgehead atoms. The van der Waals surface area contributed by atoms with Crippen LogP contribution < -0.4 is 0 Å². The largest absolute Gasteiger partial charge is 0.461 e. The molecule has 7 aromatic rings. The number of benzene rings is 4. The molecule has 3 heterocycles. The highest BCUT2D eigenvalue weighted by atomic mass is 32.1. The molecule has 0 aliphatic heterocycles. The van der Waals surface area contributed by atoms with Crippen LogP contribution in [0.25, 0.3) is 44.9 Å². The number of aromatic nitrogens is 3. The number of rotatable bonds is 14. The van der Waals surface area contributed by atoms with Crippen molar-refractivity contribution in [2.45, 2.75) is 40.9 Å². The lowest BCUT2D eigenvalue weighted by Crippen LogP contribution is -2.13. The van der Waals surface area contributed by atoms with Crippen LogP contribution in [0.15, 0.2) is 121 Å². The van der Waals surface area contributed by atoms with Crippen molar-refractivity contribution < 1.29 is 38.1 Å². The summed E-state index contributed by atoms with van der Waals surface area (Å²) in [6.07, 6.45) is 0. The Balaban J connectivity index is 1.62. The highest BCUT2D eigenvalue weighted by Crippen LogP contribution is 2.48. The van der Waals surface area contributed by atoms with E-state index in [0.717, 1.165) is 16.7 Å². The zero-order chi connectivity index (χ0) is 43.9. The topological polar surface area (TPSA) is 142 Å². The van der Waals surface area contributed by atoms with E-state index in [1.165, 1.54) is 0 Å². The van der Waals surface area contributed by atoms with Gasteiger partial charge in [-0.1, -0.05) is 134 Å². The third kappa shape index (κ3) is 8.50. The molecule has 0 radical (unpaired) electrons. The van der Waals surface area contributed by atoms with Crippen LogP contribution in [-0.4, -0.2) is 51.6 Å². The summed E-state index contributed by atoms with van der Waals surface area (Å²) < 4.78 is 25.0. The third-order valence-electron chi connectivity index (χ3n) is 10.5. The summed E-state index contributed by atoms with van der Waals surface area (Å²) in [5, 5.41) is 0. The van der Waals surface area contributed by atoms with Gasteiger partial charge in [0.25, 0.3) is 0 Å². The predicted molar refractivity (Wildman–Crippen MR) is 239 cm³/mol. The van der Waals surface area contributed by atoms with Crippen molar-refractivity contribution in [3.63, 3.8) is 0 Å². The zero-order valence-electron chi connectivity index (χ0n) is 35.0. The normalized spacial score (nSPS) is 10.9. The standard InChI is InChI=1S/C50H45N3O8S/c1-6-58-49(56)41-30(3)36(47(54)60-28-32-20-12-8-13-21-32)43(51-41)40-38(34-24-16-10-17-25-34)39(35-26-18-11-19-27-35)46(62)53(5)45(40)44-37(31(4)42(52-44)50(57)59-7-2)48(55)61-29-33-22-14-9-15-23-33/h8-27,51-52H,6-7,28-29H2,1-5H3. The van der Waals surface area contributed by atoms with E-state index in [9.17, 15) is 19.2 Å². The van der Waals surface area contributed by atoms with Crippen LogP contribution in [-0.2, 0) is 39.2 Å². The Bertz CT molecular complexity index is 2830. The molecule has 0 aliphatic rings. The van der Waals surface area contributed by atoms with Gasteiger partial charge in [-0.3, -0.25) is 0 Å². The maximum absolute atomic E-state index is 14.7. The Morgan fingerprint density at radius 3 is 1.34 bits per heavy atom. The van der Waals surface area contributed by atoms with E-state index < -0.39 is 23.9 Å². The maximum atomic E-state index is 14.7. The quantitative estimate of drug-likeness (QED) is 0.0621. The lowest BCUT2D eigenvalue weighted by Gasteiger charge is -2.24. The van der Waals surface area contributed by atoms with E-state index in [0.29, 0.717) is 32.6 Å². The molecule has 62 heavy (non-hydrogen) atoms.